The highest BCUT2D eigenvalue weighted by atomic mass is 28.3. The molecule has 18 heavy (non-hydrogen) atoms. The summed E-state index contributed by atoms with van der Waals surface area (Å²) in [6.07, 6.45) is 8.28. The summed E-state index contributed by atoms with van der Waals surface area (Å²) in [5.41, 5.74) is 2.37. The van der Waals surface area contributed by atoms with Crippen LogP contribution in [0.15, 0.2) is 54.1 Å². The third-order valence-corrected chi connectivity index (χ3v) is 10.4. The van der Waals surface area contributed by atoms with Crippen LogP contribution in [0.25, 0.3) is 0 Å². The van der Waals surface area contributed by atoms with Crippen LogP contribution in [0.1, 0.15) is 27.2 Å². The Morgan fingerprint density at radius 2 is 1.67 bits per heavy atom. The Kier molecular flexibility index (Phi) is 4.23. The molecule has 0 aliphatic heterocycles. The van der Waals surface area contributed by atoms with Gasteiger partial charge in [0.25, 0.3) is 0 Å². The summed E-state index contributed by atoms with van der Waals surface area (Å²) in [7, 11) is -1.43. The first-order valence-corrected chi connectivity index (χ1v) is 9.70. The summed E-state index contributed by atoms with van der Waals surface area (Å²) in [6.45, 7) is 7.08. The van der Waals surface area contributed by atoms with Gasteiger partial charge in [-0.2, -0.15) is 0 Å². The van der Waals surface area contributed by atoms with Crippen LogP contribution in [0.2, 0.25) is 17.6 Å². The van der Waals surface area contributed by atoms with Crippen molar-refractivity contribution in [1.29, 1.82) is 0 Å². The van der Waals surface area contributed by atoms with Gasteiger partial charge in [-0.15, -0.1) is 0 Å². The lowest BCUT2D eigenvalue weighted by Gasteiger charge is -2.37. The second kappa shape index (κ2) is 5.70. The normalized spacial score (nSPS) is 19.1. The van der Waals surface area contributed by atoms with Gasteiger partial charge in [0.05, 0.1) is 8.07 Å². The molecular weight excluding hydrogens is 232 g/mol. The van der Waals surface area contributed by atoms with Crippen LogP contribution in [0.5, 0.6) is 0 Å². The lowest BCUT2D eigenvalue weighted by molar-refractivity contribution is 0.997. The highest BCUT2D eigenvalue weighted by Crippen LogP contribution is 2.40. The van der Waals surface area contributed by atoms with Crippen molar-refractivity contribution >= 4 is 13.3 Å². The van der Waals surface area contributed by atoms with Gasteiger partial charge in [0.1, 0.15) is 0 Å². The molecule has 1 aromatic carbocycles. The Labute approximate surface area is 112 Å². The molecule has 2 rings (SSSR count). The van der Waals surface area contributed by atoms with E-state index in [4.69, 9.17) is 0 Å². The standard InChI is InChI=1S/C17H24Si/c1-4-15-11-10-14-17(15)18(5-2,6-3)16-12-8-7-9-13-16/h7-14,17H,4-6H2,1-3H3. The fourth-order valence-corrected chi connectivity index (χ4v) is 8.34. The molecular formula is C17H24Si. The molecule has 0 amide bonds. The van der Waals surface area contributed by atoms with E-state index in [1.54, 1.807) is 10.8 Å². The van der Waals surface area contributed by atoms with Crippen LogP contribution in [0.4, 0.5) is 0 Å². The lowest BCUT2D eigenvalue weighted by Crippen LogP contribution is -2.50. The maximum Gasteiger partial charge on any atom is 0.0969 e. The fourth-order valence-electron chi connectivity index (χ4n) is 3.44. The third kappa shape index (κ3) is 2.12. The summed E-state index contributed by atoms with van der Waals surface area (Å²) in [5.74, 6) is 0. The largest absolute Gasteiger partial charge is 0.0969 e. The third-order valence-electron chi connectivity index (χ3n) is 4.63. The van der Waals surface area contributed by atoms with Crippen molar-refractivity contribution in [1.82, 2.24) is 0 Å². The summed E-state index contributed by atoms with van der Waals surface area (Å²) in [6, 6.07) is 13.9. The van der Waals surface area contributed by atoms with Crippen molar-refractivity contribution in [2.45, 2.75) is 44.8 Å². The molecule has 0 aromatic heterocycles. The van der Waals surface area contributed by atoms with Gasteiger partial charge in [-0.05, 0) is 12.0 Å². The van der Waals surface area contributed by atoms with E-state index < -0.39 is 8.07 Å². The van der Waals surface area contributed by atoms with Crippen molar-refractivity contribution in [3.63, 3.8) is 0 Å². The Bertz CT molecular complexity index is 438. The van der Waals surface area contributed by atoms with Crippen LogP contribution >= 0.6 is 0 Å². The van der Waals surface area contributed by atoms with E-state index in [1.165, 1.54) is 18.5 Å². The van der Waals surface area contributed by atoms with Gasteiger partial charge >= 0.3 is 0 Å². The fraction of sp³-hybridized carbons (Fsp3) is 0.412. The SMILES string of the molecule is CCC1=CC=CC1[Si](CC)(CC)c1ccccc1. The molecule has 1 heteroatoms. The van der Waals surface area contributed by atoms with Gasteiger partial charge in [0.15, 0.2) is 0 Å². The molecule has 0 spiro atoms. The van der Waals surface area contributed by atoms with Crippen molar-refractivity contribution < 1.29 is 0 Å². The van der Waals surface area contributed by atoms with Crippen LogP contribution in [0, 0.1) is 0 Å². The van der Waals surface area contributed by atoms with Gasteiger partial charge in [0, 0.05) is 0 Å². The number of benzene rings is 1. The zero-order chi connectivity index (χ0) is 13.0. The summed E-state index contributed by atoms with van der Waals surface area (Å²) < 4.78 is 0. The topological polar surface area (TPSA) is 0 Å². The predicted molar refractivity (Wildman–Crippen MR) is 84.1 cm³/mol. The first-order chi connectivity index (χ1) is 8.78. The zero-order valence-electron chi connectivity index (χ0n) is 11.8. The molecule has 1 atom stereocenters. The van der Waals surface area contributed by atoms with Crippen LogP contribution in [0.3, 0.4) is 0 Å². The molecule has 96 valence electrons. The lowest BCUT2D eigenvalue weighted by atomic mass is 10.2. The van der Waals surface area contributed by atoms with Crippen molar-refractivity contribution in [2.75, 3.05) is 0 Å². The molecule has 0 fully saturated rings. The molecule has 0 saturated heterocycles. The Morgan fingerprint density at radius 3 is 2.22 bits per heavy atom. The summed E-state index contributed by atoms with van der Waals surface area (Å²) >= 11 is 0. The molecule has 0 heterocycles. The predicted octanol–water partition coefficient (Wildman–Crippen LogP) is 4.66. The van der Waals surface area contributed by atoms with Crippen LogP contribution in [-0.2, 0) is 0 Å². The first-order valence-electron chi connectivity index (χ1n) is 7.21. The number of hydrogen-bond donors (Lipinski definition) is 0. The summed E-state index contributed by atoms with van der Waals surface area (Å²) in [5, 5.41) is 1.63. The van der Waals surface area contributed by atoms with E-state index in [2.05, 4.69) is 69.3 Å². The zero-order valence-corrected chi connectivity index (χ0v) is 12.8. The van der Waals surface area contributed by atoms with E-state index in [-0.39, 0.29) is 0 Å². The minimum absolute atomic E-state index is 0.722. The van der Waals surface area contributed by atoms with Gasteiger partial charge in [-0.25, -0.2) is 0 Å². The molecule has 1 aliphatic rings. The summed E-state index contributed by atoms with van der Waals surface area (Å²) in [4.78, 5) is 0. The number of allylic oxidation sites excluding steroid dienone is 4. The van der Waals surface area contributed by atoms with Crippen LogP contribution < -0.4 is 5.19 Å². The van der Waals surface area contributed by atoms with Crippen molar-refractivity contribution in [2.24, 2.45) is 0 Å². The average Bonchev–Trinajstić information content (AvgIpc) is 2.91. The minimum Gasteiger partial charge on any atom is -0.0797 e. The van der Waals surface area contributed by atoms with E-state index in [1.807, 2.05) is 0 Å². The molecule has 0 nitrogen and oxygen atoms in total. The number of rotatable bonds is 5. The van der Waals surface area contributed by atoms with E-state index in [9.17, 15) is 0 Å². The molecule has 0 radical (unpaired) electrons. The van der Waals surface area contributed by atoms with Crippen molar-refractivity contribution in [3.8, 4) is 0 Å². The molecule has 0 bridgehead atoms. The van der Waals surface area contributed by atoms with Gasteiger partial charge in [-0.3, -0.25) is 0 Å². The Hall–Kier alpha value is -1.08. The molecule has 1 unspecified atom stereocenters. The van der Waals surface area contributed by atoms with E-state index >= 15 is 0 Å². The van der Waals surface area contributed by atoms with Gasteiger partial charge < -0.3 is 0 Å². The first kappa shape index (κ1) is 13.4. The van der Waals surface area contributed by atoms with Gasteiger partial charge in [0.2, 0.25) is 0 Å². The highest BCUT2D eigenvalue weighted by molar-refractivity contribution is 6.93. The smallest absolute Gasteiger partial charge is 0.0797 e. The molecule has 1 aliphatic carbocycles. The second-order valence-corrected chi connectivity index (χ2v) is 10.1. The Balaban J connectivity index is 2.45. The molecule has 1 aromatic rings. The Morgan fingerprint density at radius 1 is 1.00 bits per heavy atom. The maximum atomic E-state index is 2.46. The minimum atomic E-state index is -1.43. The van der Waals surface area contributed by atoms with E-state index in [0.717, 1.165) is 5.54 Å². The highest BCUT2D eigenvalue weighted by Gasteiger charge is 2.40. The number of hydrogen-bond acceptors (Lipinski definition) is 0. The van der Waals surface area contributed by atoms with Gasteiger partial charge in [-0.1, -0.05) is 92.2 Å². The average molecular weight is 256 g/mol. The second-order valence-electron chi connectivity index (χ2n) is 5.19. The van der Waals surface area contributed by atoms with Crippen molar-refractivity contribution in [3.05, 3.63) is 54.1 Å². The monoisotopic (exact) mass is 256 g/mol. The van der Waals surface area contributed by atoms with E-state index in [0.29, 0.717) is 0 Å². The van der Waals surface area contributed by atoms with Crippen LogP contribution in [-0.4, -0.2) is 8.07 Å². The molecule has 0 N–H and O–H groups in total. The quantitative estimate of drug-likeness (QED) is 0.672. The molecule has 0 saturated carbocycles. The maximum absolute atomic E-state index is 2.46.